The molecule has 3 heterocycles. The van der Waals surface area contributed by atoms with Crippen LogP contribution in [0.1, 0.15) is 12.8 Å². The molecule has 1 saturated heterocycles. The summed E-state index contributed by atoms with van der Waals surface area (Å²) in [5, 5.41) is 16.0. The molecule has 4 rings (SSSR count). The maximum Gasteiger partial charge on any atom is 0.353 e. The third-order valence-electron chi connectivity index (χ3n) is 5.44. The topological polar surface area (TPSA) is 100 Å². The normalized spacial score (nSPS) is 15.4. The van der Waals surface area contributed by atoms with Crippen LogP contribution in [0.25, 0.3) is 10.9 Å². The van der Waals surface area contributed by atoms with E-state index in [2.05, 4.69) is 32.2 Å². The van der Waals surface area contributed by atoms with Crippen LogP contribution in [0.5, 0.6) is 0 Å². The zero-order valence-electron chi connectivity index (χ0n) is 16.4. The van der Waals surface area contributed by atoms with E-state index < -0.39 is 4.92 Å². The van der Waals surface area contributed by atoms with Gasteiger partial charge in [-0.1, -0.05) is 18.2 Å². The minimum absolute atomic E-state index is 0.123. The average Bonchev–Trinajstić information content (AvgIpc) is 2.74. The molecule has 1 fully saturated rings. The van der Waals surface area contributed by atoms with Crippen LogP contribution in [0.3, 0.4) is 0 Å². The minimum atomic E-state index is -0.415. The zero-order chi connectivity index (χ0) is 20.4. The molecule has 0 saturated carbocycles. The fourth-order valence-corrected chi connectivity index (χ4v) is 3.78. The lowest BCUT2D eigenvalue weighted by Crippen LogP contribution is -2.42. The number of aromatic nitrogens is 3. The number of piperidine rings is 1. The number of likely N-dealkylation sites (tertiary alicyclic amines) is 1. The van der Waals surface area contributed by atoms with E-state index in [9.17, 15) is 10.1 Å². The van der Waals surface area contributed by atoms with Gasteiger partial charge in [0, 0.05) is 24.7 Å². The van der Waals surface area contributed by atoms with Crippen molar-refractivity contribution in [1.29, 1.82) is 0 Å². The van der Waals surface area contributed by atoms with Crippen LogP contribution < -0.4 is 10.2 Å². The molecule has 0 atom stereocenters. The zero-order valence-corrected chi connectivity index (χ0v) is 16.4. The third kappa shape index (κ3) is 3.81. The van der Waals surface area contributed by atoms with E-state index in [-0.39, 0.29) is 17.5 Å². The molecule has 0 radical (unpaired) electrons. The smallest absolute Gasteiger partial charge is 0.351 e. The van der Waals surface area contributed by atoms with Crippen molar-refractivity contribution in [3.8, 4) is 0 Å². The van der Waals surface area contributed by atoms with E-state index >= 15 is 0 Å². The number of fused-ring (bicyclic) bond motifs is 1. The Hall–Kier alpha value is -3.33. The number of benzene rings is 1. The van der Waals surface area contributed by atoms with Crippen molar-refractivity contribution in [2.75, 3.05) is 37.4 Å². The fraction of sp³-hybridized carbons (Fsp3) is 0.350. The van der Waals surface area contributed by atoms with E-state index in [1.807, 2.05) is 42.3 Å². The third-order valence-corrected chi connectivity index (χ3v) is 5.44. The summed E-state index contributed by atoms with van der Waals surface area (Å²) in [6.45, 7) is 1.92. The molecule has 0 unspecified atom stereocenters. The molecule has 0 aliphatic carbocycles. The first-order valence-electron chi connectivity index (χ1n) is 9.56. The molecule has 2 aromatic heterocycles. The Morgan fingerprint density at radius 3 is 2.69 bits per heavy atom. The second-order valence-electron chi connectivity index (χ2n) is 7.30. The molecule has 9 heteroatoms. The standard InChI is InChI=1S/C20H23N7O2/c1-25-11-8-15(9-12-25)26(2)20-18(27(28)29)19(22-13-23-20)24-16-7-3-5-14-6-4-10-21-17(14)16/h3-7,10,13,15H,8-9,11-12H2,1-2H3,(H,22,23,24). The highest BCUT2D eigenvalue weighted by molar-refractivity contribution is 5.92. The first kappa shape index (κ1) is 19.0. The van der Waals surface area contributed by atoms with Gasteiger partial charge in [0.15, 0.2) is 0 Å². The lowest BCUT2D eigenvalue weighted by molar-refractivity contribution is -0.383. The number of nitrogens with zero attached hydrogens (tertiary/aromatic N) is 6. The first-order chi connectivity index (χ1) is 14.0. The summed E-state index contributed by atoms with van der Waals surface area (Å²) in [5.74, 6) is 0.494. The van der Waals surface area contributed by atoms with Crippen LogP contribution in [0, 0.1) is 10.1 Å². The lowest BCUT2D eigenvalue weighted by Gasteiger charge is -2.35. The average molecular weight is 393 g/mol. The number of nitrogens with one attached hydrogen (secondary N) is 1. The first-order valence-corrected chi connectivity index (χ1v) is 9.56. The second kappa shape index (κ2) is 7.96. The molecule has 0 spiro atoms. The number of hydrogen-bond acceptors (Lipinski definition) is 8. The molecule has 1 aliphatic rings. The van der Waals surface area contributed by atoms with E-state index in [1.165, 1.54) is 6.33 Å². The van der Waals surface area contributed by atoms with Gasteiger partial charge in [-0.25, -0.2) is 9.97 Å². The maximum absolute atomic E-state index is 12.0. The van der Waals surface area contributed by atoms with Gasteiger partial charge >= 0.3 is 5.69 Å². The number of rotatable bonds is 5. The maximum atomic E-state index is 12.0. The molecular formula is C20H23N7O2. The van der Waals surface area contributed by atoms with Gasteiger partial charge in [-0.05, 0) is 45.1 Å². The van der Waals surface area contributed by atoms with Crippen LogP contribution in [0.15, 0.2) is 42.9 Å². The van der Waals surface area contributed by atoms with Gasteiger partial charge in [-0.15, -0.1) is 0 Å². The molecule has 1 N–H and O–H groups in total. The van der Waals surface area contributed by atoms with Crippen LogP contribution >= 0.6 is 0 Å². The number of anilines is 3. The van der Waals surface area contributed by atoms with Crippen molar-refractivity contribution >= 4 is 33.9 Å². The molecule has 1 aliphatic heterocycles. The number of pyridine rings is 1. The van der Waals surface area contributed by atoms with Crippen LogP contribution in [-0.2, 0) is 0 Å². The largest absolute Gasteiger partial charge is 0.353 e. The Balaban J connectivity index is 1.71. The molecule has 0 bridgehead atoms. The summed E-state index contributed by atoms with van der Waals surface area (Å²) < 4.78 is 0. The molecular weight excluding hydrogens is 370 g/mol. The van der Waals surface area contributed by atoms with Crippen molar-refractivity contribution in [3.63, 3.8) is 0 Å². The molecule has 150 valence electrons. The van der Waals surface area contributed by atoms with Gasteiger partial charge < -0.3 is 15.1 Å². The van der Waals surface area contributed by atoms with E-state index in [0.717, 1.165) is 36.8 Å². The van der Waals surface area contributed by atoms with Crippen LogP contribution in [0.4, 0.5) is 23.0 Å². The Bertz CT molecular complexity index is 1030. The fourth-order valence-electron chi connectivity index (χ4n) is 3.78. The number of para-hydroxylation sites is 1. The molecule has 3 aromatic rings. The summed E-state index contributed by atoms with van der Waals surface area (Å²) in [5.41, 5.74) is 1.27. The van der Waals surface area contributed by atoms with Crippen LogP contribution in [0.2, 0.25) is 0 Å². The van der Waals surface area contributed by atoms with Crippen molar-refractivity contribution in [2.24, 2.45) is 0 Å². The molecule has 29 heavy (non-hydrogen) atoms. The van der Waals surface area contributed by atoms with E-state index in [4.69, 9.17) is 0 Å². The quantitative estimate of drug-likeness (QED) is 0.521. The highest BCUT2D eigenvalue weighted by Crippen LogP contribution is 2.36. The Morgan fingerprint density at radius 1 is 1.17 bits per heavy atom. The highest BCUT2D eigenvalue weighted by atomic mass is 16.6. The summed E-state index contributed by atoms with van der Waals surface area (Å²) in [4.78, 5) is 28.6. The lowest BCUT2D eigenvalue weighted by atomic mass is 10.0. The predicted molar refractivity (Wildman–Crippen MR) is 113 cm³/mol. The molecule has 0 amide bonds. The van der Waals surface area contributed by atoms with Crippen molar-refractivity contribution < 1.29 is 4.92 Å². The summed E-state index contributed by atoms with van der Waals surface area (Å²) in [6.07, 6.45) is 4.93. The van der Waals surface area contributed by atoms with E-state index in [1.54, 1.807) is 6.20 Å². The number of nitro groups is 1. The van der Waals surface area contributed by atoms with Gasteiger partial charge in [0.1, 0.15) is 6.33 Å². The SMILES string of the molecule is CN1CCC(N(C)c2ncnc(Nc3cccc4cccnc34)c2[N+](=O)[O-])CC1. The Morgan fingerprint density at radius 2 is 1.93 bits per heavy atom. The summed E-state index contributed by atoms with van der Waals surface area (Å²) in [6, 6.07) is 9.66. The van der Waals surface area contributed by atoms with Crippen molar-refractivity contribution in [3.05, 3.63) is 53.0 Å². The number of hydrogen-bond donors (Lipinski definition) is 1. The Labute approximate surface area is 168 Å². The van der Waals surface area contributed by atoms with Gasteiger partial charge in [-0.3, -0.25) is 15.1 Å². The van der Waals surface area contributed by atoms with Gasteiger partial charge in [-0.2, -0.15) is 0 Å². The monoisotopic (exact) mass is 393 g/mol. The molecule has 1 aromatic carbocycles. The van der Waals surface area contributed by atoms with Crippen molar-refractivity contribution in [2.45, 2.75) is 18.9 Å². The predicted octanol–water partition coefficient (Wildman–Crippen LogP) is 3.21. The summed E-state index contributed by atoms with van der Waals surface area (Å²) in [7, 11) is 3.96. The van der Waals surface area contributed by atoms with Crippen LogP contribution in [-0.4, -0.2) is 58.0 Å². The van der Waals surface area contributed by atoms with Crippen molar-refractivity contribution in [1.82, 2.24) is 19.9 Å². The highest BCUT2D eigenvalue weighted by Gasteiger charge is 2.30. The second-order valence-corrected chi connectivity index (χ2v) is 7.30. The summed E-state index contributed by atoms with van der Waals surface area (Å²) >= 11 is 0. The van der Waals surface area contributed by atoms with E-state index in [0.29, 0.717) is 11.5 Å². The van der Waals surface area contributed by atoms with Gasteiger partial charge in [0.25, 0.3) is 0 Å². The molecule has 9 nitrogen and oxygen atoms in total. The van der Waals surface area contributed by atoms with Gasteiger partial charge in [0.2, 0.25) is 11.6 Å². The Kier molecular flexibility index (Phi) is 5.22. The van der Waals surface area contributed by atoms with Gasteiger partial charge in [0.05, 0.1) is 16.1 Å². The minimum Gasteiger partial charge on any atom is -0.351 e.